The molecule has 8 heteroatoms. The topological polar surface area (TPSA) is 107 Å². The minimum absolute atomic E-state index is 0.0454. The van der Waals surface area contributed by atoms with Crippen LogP contribution in [0.1, 0.15) is 19.4 Å². The molecule has 0 aliphatic heterocycles. The van der Waals surface area contributed by atoms with Crippen LogP contribution in [-0.2, 0) is 11.3 Å². The van der Waals surface area contributed by atoms with E-state index >= 15 is 0 Å². The van der Waals surface area contributed by atoms with Gasteiger partial charge in [0, 0.05) is 0 Å². The van der Waals surface area contributed by atoms with Crippen LogP contribution < -0.4 is 5.73 Å². The number of imidazole rings is 1. The summed E-state index contributed by atoms with van der Waals surface area (Å²) in [6.45, 7) is 4.29. The molecule has 2 aromatic heterocycles. The van der Waals surface area contributed by atoms with Crippen LogP contribution in [0.4, 0.5) is 5.82 Å². The maximum Gasteiger partial charge on any atom is 0.317 e. The van der Waals surface area contributed by atoms with Gasteiger partial charge in [0.25, 0.3) is 0 Å². The minimum atomic E-state index is -0.864. The molecule has 0 aliphatic rings. The Morgan fingerprint density at radius 2 is 2.00 bits per heavy atom. The first kappa shape index (κ1) is 17.2. The molecule has 3 aromatic rings. The van der Waals surface area contributed by atoms with Crippen LogP contribution in [0.2, 0.25) is 0 Å². The van der Waals surface area contributed by atoms with E-state index in [1.165, 1.54) is 18.1 Å². The van der Waals surface area contributed by atoms with Crippen LogP contribution in [0.15, 0.2) is 41.8 Å². The number of nitrogens with two attached hydrogens (primary N) is 1. The van der Waals surface area contributed by atoms with Crippen LogP contribution in [0, 0.1) is 5.92 Å². The van der Waals surface area contributed by atoms with Crippen molar-refractivity contribution in [1.82, 2.24) is 19.5 Å². The molecule has 0 bridgehead atoms. The van der Waals surface area contributed by atoms with Gasteiger partial charge in [-0.25, -0.2) is 15.0 Å². The number of carboxylic acids is 1. The fourth-order valence-electron chi connectivity index (χ4n) is 2.52. The second kappa shape index (κ2) is 7.10. The second-order valence-corrected chi connectivity index (χ2v) is 7.13. The van der Waals surface area contributed by atoms with Gasteiger partial charge < -0.3 is 10.8 Å². The standard InChI is InChI=1S/C17H19N5O2S/c1-10(2)13(16(23)24)25-17-21-12-14(18)19-9-20-15(12)22(17)8-11-6-4-3-5-7-11/h3-7,9-10,13H,8H2,1-2H3,(H,23,24)(H2,18,19,20). The molecule has 3 rings (SSSR count). The third-order valence-electron chi connectivity index (χ3n) is 3.79. The number of anilines is 1. The van der Waals surface area contributed by atoms with Crippen LogP contribution in [0.3, 0.4) is 0 Å². The van der Waals surface area contributed by atoms with Crippen LogP contribution in [0.25, 0.3) is 11.2 Å². The Morgan fingerprint density at radius 1 is 1.28 bits per heavy atom. The summed E-state index contributed by atoms with van der Waals surface area (Å²) < 4.78 is 1.89. The molecule has 0 amide bonds. The first-order valence-corrected chi connectivity index (χ1v) is 8.75. The molecule has 0 saturated carbocycles. The van der Waals surface area contributed by atoms with Gasteiger partial charge in [-0.2, -0.15) is 0 Å². The normalized spacial score (nSPS) is 12.6. The lowest BCUT2D eigenvalue weighted by Gasteiger charge is -2.16. The van der Waals surface area contributed by atoms with E-state index in [1.807, 2.05) is 48.7 Å². The van der Waals surface area contributed by atoms with Crippen molar-refractivity contribution in [2.45, 2.75) is 30.8 Å². The molecule has 1 atom stereocenters. The van der Waals surface area contributed by atoms with E-state index in [4.69, 9.17) is 5.73 Å². The van der Waals surface area contributed by atoms with Gasteiger partial charge in [-0.3, -0.25) is 9.36 Å². The summed E-state index contributed by atoms with van der Waals surface area (Å²) in [5.41, 5.74) is 8.09. The molecule has 25 heavy (non-hydrogen) atoms. The molecule has 0 radical (unpaired) electrons. The highest BCUT2D eigenvalue weighted by atomic mass is 32.2. The van der Waals surface area contributed by atoms with Crippen molar-refractivity contribution in [1.29, 1.82) is 0 Å². The zero-order valence-electron chi connectivity index (χ0n) is 14.0. The van der Waals surface area contributed by atoms with Gasteiger partial charge in [0.1, 0.15) is 11.6 Å². The second-order valence-electron chi connectivity index (χ2n) is 6.02. The number of nitrogen functional groups attached to an aromatic ring is 1. The number of thioether (sulfide) groups is 1. The smallest absolute Gasteiger partial charge is 0.317 e. The fourth-order valence-corrected chi connectivity index (χ4v) is 3.54. The predicted octanol–water partition coefficient (Wildman–Crippen LogP) is 2.66. The van der Waals surface area contributed by atoms with Crippen molar-refractivity contribution >= 4 is 34.7 Å². The highest BCUT2D eigenvalue weighted by Crippen LogP contribution is 2.31. The number of carbonyl (C=O) groups is 1. The highest BCUT2D eigenvalue weighted by Gasteiger charge is 2.26. The molecule has 7 nitrogen and oxygen atoms in total. The summed E-state index contributed by atoms with van der Waals surface area (Å²) in [7, 11) is 0. The van der Waals surface area contributed by atoms with Crippen LogP contribution in [0.5, 0.6) is 0 Å². The molecular weight excluding hydrogens is 338 g/mol. The van der Waals surface area contributed by atoms with Crippen molar-refractivity contribution in [3.63, 3.8) is 0 Å². The van der Waals surface area contributed by atoms with Crippen molar-refractivity contribution in [3.8, 4) is 0 Å². The van der Waals surface area contributed by atoms with Gasteiger partial charge in [0.05, 0.1) is 6.54 Å². The Bertz CT molecular complexity index is 895. The van der Waals surface area contributed by atoms with Crippen molar-refractivity contribution < 1.29 is 9.90 Å². The molecule has 1 unspecified atom stereocenters. The SMILES string of the molecule is CC(C)C(Sc1nc2c(N)ncnc2n1Cc1ccccc1)C(=O)O. The number of carboxylic acid groups (broad SMARTS) is 1. The number of rotatable bonds is 6. The Kier molecular flexibility index (Phi) is 4.89. The average molecular weight is 357 g/mol. The molecule has 2 heterocycles. The highest BCUT2D eigenvalue weighted by molar-refractivity contribution is 8.00. The van der Waals surface area contributed by atoms with E-state index in [0.29, 0.717) is 22.9 Å². The first-order chi connectivity index (χ1) is 12.0. The lowest BCUT2D eigenvalue weighted by molar-refractivity contribution is -0.137. The number of nitrogens with zero attached hydrogens (tertiary/aromatic N) is 4. The fraction of sp³-hybridized carbons (Fsp3) is 0.294. The molecule has 1 aromatic carbocycles. The Hall–Kier alpha value is -2.61. The van der Waals surface area contributed by atoms with Gasteiger partial charge in [-0.05, 0) is 11.5 Å². The van der Waals surface area contributed by atoms with Crippen LogP contribution >= 0.6 is 11.8 Å². The Balaban J connectivity index is 2.08. The molecule has 130 valence electrons. The largest absolute Gasteiger partial charge is 0.480 e. The van der Waals surface area contributed by atoms with E-state index in [9.17, 15) is 9.90 Å². The zero-order chi connectivity index (χ0) is 18.0. The van der Waals surface area contributed by atoms with E-state index in [-0.39, 0.29) is 11.7 Å². The van der Waals surface area contributed by atoms with E-state index in [2.05, 4.69) is 15.0 Å². The number of aliphatic carboxylic acids is 1. The summed E-state index contributed by atoms with van der Waals surface area (Å²) in [4.78, 5) is 24.4. The summed E-state index contributed by atoms with van der Waals surface area (Å²) in [6.07, 6.45) is 1.40. The number of hydrogen-bond acceptors (Lipinski definition) is 6. The predicted molar refractivity (Wildman–Crippen MR) is 97.4 cm³/mol. The third kappa shape index (κ3) is 3.58. The third-order valence-corrected chi connectivity index (χ3v) is 5.31. The number of benzene rings is 1. The monoisotopic (exact) mass is 357 g/mol. The van der Waals surface area contributed by atoms with E-state index in [1.54, 1.807) is 0 Å². The summed E-state index contributed by atoms with van der Waals surface area (Å²) in [5.74, 6) is -0.622. The minimum Gasteiger partial charge on any atom is -0.480 e. The maximum absolute atomic E-state index is 11.6. The molecule has 0 fully saturated rings. The first-order valence-electron chi connectivity index (χ1n) is 7.87. The molecule has 0 saturated heterocycles. The lowest BCUT2D eigenvalue weighted by Crippen LogP contribution is -2.23. The zero-order valence-corrected chi connectivity index (χ0v) is 14.8. The van der Waals surface area contributed by atoms with E-state index < -0.39 is 11.2 Å². The van der Waals surface area contributed by atoms with Crippen LogP contribution in [-0.4, -0.2) is 35.8 Å². The van der Waals surface area contributed by atoms with Gasteiger partial charge in [-0.1, -0.05) is 55.9 Å². The van der Waals surface area contributed by atoms with E-state index in [0.717, 1.165) is 5.56 Å². The number of fused-ring (bicyclic) bond motifs is 1. The molecule has 0 spiro atoms. The summed E-state index contributed by atoms with van der Waals surface area (Å²) in [6, 6.07) is 9.87. The van der Waals surface area contributed by atoms with Gasteiger partial charge in [0.2, 0.25) is 0 Å². The van der Waals surface area contributed by atoms with Gasteiger partial charge in [-0.15, -0.1) is 0 Å². The Labute approximate surface area is 149 Å². The number of hydrogen-bond donors (Lipinski definition) is 2. The Morgan fingerprint density at radius 3 is 2.64 bits per heavy atom. The van der Waals surface area contributed by atoms with Crippen molar-refractivity contribution in [2.24, 2.45) is 5.92 Å². The quantitative estimate of drug-likeness (QED) is 0.653. The molecule has 0 aliphatic carbocycles. The average Bonchev–Trinajstić information content (AvgIpc) is 2.92. The summed E-state index contributed by atoms with van der Waals surface area (Å²) in [5, 5.41) is 9.47. The maximum atomic E-state index is 11.6. The lowest BCUT2D eigenvalue weighted by atomic mass is 10.1. The number of aromatic nitrogens is 4. The van der Waals surface area contributed by atoms with Gasteiger partial charge >= 0.3 is 5.97 Å². The van der Waals surface area contributed by atoms with Gasteiger partial charge in [0.15, 0.2) is 22.1 Å². The van der Waals surface area contributed by atoms with Crippen molar-refractivity contribution in [2.75, 3.05) is 5.73 Å². The molecule has 3 N–H and O–H groups in total. The van der Waals surface area contributed by atoms with Crippen molar-refractivity contribution in [3.05, 3.63) is 42.2 Å². The molecular formula is C17H19N5O2S. The summed E-state index contributed by atoms with van der Waals surface area (Å²) >= 11 is 1.21.